The van der Waals surface area contributed by atoms with Gasteiger partial charge in [0.25, 0.3) is 0 Å². The Morgan fingerprint density at radius 3 is 2.88 bits per heavy atom. The van der Waals surface area contributed by atoms with E-state index in [0.29, 0.717) is 0 Å². The van der Waals surface area contributed by atoms with Crippen LogP contribution in [0.2, 0.25) is 0 Å². The molecule has 0 amide bonds. The van der Waals surface area contributed by atoms with E-state index in [-0.39, 0.29) is 0 Å². The molecule has 0 atom stereocenters. The quantitative estimate of drug-likeness (QED) is 0.828. The summed E-state index contributed by atoms with van der Waals surface area (Å²) >= 11 is 0. The summed E-state index contributed by atoms with van der Waals surface area (Å²) in [4.78, 5) is 0. The molecule has 0 saturated heterocycles. The number of aromatic nitrogens is 2. The van der Waals surface area contributed by atoms with Crippen LogP contribution in [0.25, 0.3) is 11.3 Å². The van der Waals surface area contributed by atoms with Crippen LogP contribution in [-0.2, 0) is 12.8 Å². The fourth-order valence-electron chi connectivity index (χ4n) is 2.66. The van der Waals surface area contributed by atoms with E-state index in [9.17, 15) is 0 Å². The number of hydrogen-bond acceptors (Lipinski definition) is 2. The van der Waals surface area contributed by atoms with Crippen molar-refractivity contribution in [3.05, 3.63) is 35.0 Å². The summed E-state index contributed by atoms with van der Waals surface area (Å²) in [5, 5.41) is 10.7. The first-order valence-corrected chi connectivity index (χ1v) is 6.14. The number of nitrogens with zero attached hydrogens (tertiary/aromatic N) is 1. The van der Waals surface area contributed by atoms with E-state index in [0.717, 1.165) is 17.1 Å². The number of aromatic amines is 1. The highest BCUT2D eigenvalue weighted by atomic mass is 15.1. The first-order chi connectivity index (χ1) is 8.29. The van der Waals surface area contributed by atoms with Gasteiger partial charge >= 0.3 is 0 Å². The first-order valence-electron chi connectivity index (χ1n) is 6.14. The van der Waals surface area contributed by atoms with Gasteiger partial charge < -0.3 is 5.32 Å². The molecule has 0 spiro atoms. The molecule has 1 aliphatic carbocycles. The third kappa shape index (κ3) is 1.62. The fraction of sp³-hybridized carbons (Fsp3) is 0.357. The molecule has 0 aliphatic heterocycles. The van der Waals surface area contributed by atoms with Gasteiger partial charge in [-0.25, -0.2) is 0 Å². The van der Waals surface area contributed by atoms with E-state index in [1.807, 2.05) is 14.0 Å². The summed E-state index contributed by atoms with van der Waals surface area (Å²) in [6, 6.07) is 6.72. The third-order valence-electron chi connectivity index (χ3n) is 3.57. The number of fused-ring (bicyclic) bond motifs is 1. The van der Waals surface area contributed by atoms with E-state index < -0.39 is 0 Å². The number of aryl methyl sites for hydroxylation is 3. The zero-order valence-electron chi connectivity index (χ0n) is 10.3. The maximum atomic E-state index is 4.39. The summed E-state index contributed by atoms with van der Waals surface area (Å²) in [5.41, 5.74) is 7.42. The Morgan fingerprint density at radius 1 is 1.24 bits per heavy atom. The average molecular weight is 227 g/mol. The van der Waals surface area contributed by atoms with Crippen LogP contribution in [0.4, 0.5) is 5.69 Å². The Hall–Kier alpha value is -1.77. The lowest BCUT2D eigenvalue weighted by atomic mass is 10.0. The molecule has 0 fully saturated rings. The van der Waals surface area contributed by atoms with Gasteiger partial charge in [0.1, 0.15) is 5.69 Å². The number of nitrogens with one attached hydrogen (secondary N) is 2. The summed E-state index contributed by atoms with van der Waals surface area (Å²) in [6.45, 7) is 2.04. The zero-order valence-corrected chi connectivity index (χ0v) is 10.3. The van der Waals surface area contributed by atoms with E-state index in [1.165, 1.54) is 36.0 Å². The third-order valence-corrected chi connectivity index (χ3v) is 3.57. The maximum absolute atomic E-state index is 4.39. The van der Waals surface area contributed by atoms with Crippen molar-refractivity contribution in [1.29, 1.82) is 0 Å². The second-order valence-electron chi connectivity index (χ2n) is 4.66. The van der Waals surface area contributed by atoms with Crippen LogP contribution in [-0.4, -0.2) is 17.2 Å². The van der Waals surface area contributed by atoms with Crippen LogP contribution in [0.5, 0.6) is 0 Å². The van der Waals surface area contributed by atoms with Crippen molar-refractivity contribution in [2.75, 3.05) is 12.4 Å². The molecule has 88 valence electrons. The molecule has 0 radical (unpaired) electrons. The van der Waals surface area contributed by atoms with Gasteiger partial charge in [0.15, 0.2) is 0 Å². The minimum Gasteiger partial charge on any atom is -0.385 e. The first kappa shape index (κ1) is 10.4. The molecule has 3 nitrogen and oxygen atoms in total. The molecule has 0 bridgehead atoms. The summed E-state index contributed by atoms with van der Waals surface area (Å²) in [6.07, 6.45) is 3.73. The van der Waals surface area contributed by atoms with Crippen molar-refractivity contribution in [3.8, 4) is 11.3 Å². The summed E-state index contributed by atoms with van der Waals surface area (Å²) in [5.74, 6) is 0. The molecule has 1 aliphatic rings. The average Bonchev–Trinajstić information content (AvgIpc) is 2.93. The molecule has 0 saturated carbocycles. The van der Waals surface area contributed by atoms with Gasteiger partial charge in [-0.3, -0.25) is 5.10 Å². The molecule has 1 heterocycles. The lowest BCUT2D eigenvalue weighted by molar-refractivity contribution is 0.912. The van der Waals surface area contributed by atoms with Gasteiger partial charge in [0.2, 0.25) is 0 Å². The molecule has 0 unspecified atom stereocenters. The van der Waals surface area contributed by atoms with E-state index >= 15 is 0 Å². The summed E-state index contributed by atoms with van der Waals surface area (Å²) < 4.78 is 0. The van der Waals surface area contributed by atoms with E-state index in [2.05, 4.69) is 33.7 Å². The Balaban J connectivity index is 2.09. The molecule has 1 aromatic heterocycles. The van der Waals surface area contributed by atoms with Crippen molar-refractivity contribution in [2.45, 2.75) is 26.2 Å². The highest BCUT2D eigenvalue weighted by Crippen LogP contribution is 2.31. The van der Waals surface area contributed by atoms with Crippen molar-refractivity contribution in [2.24, 2.45) is 0 Å². The van der Waals surface area contributed by atoms with Gasteiger partial charge in [0.05, 0.1) is 11.4 Å². The largest absolute Gasteiger partial charge is 0.385 e. The molecule has 17 heavy (non-hydrogen) atoms. The molecule has 1 aromatic carbocycles. The minimum absolute atomic E-state index is 1.03. The SMILES string of the molecule is CNc1c(-c2ccc3c(c2)CCC3)n[nH]c1C. The molecule has 3 heteroatoms. The van der Waals surface area contributed by atoms with Crippen molar-refractivity contribution in [1.82, 2.24) is 10.2 Å². The normalized spacial score (nSPS) is 13.8. The zero-order chi connectivity index (χ0) is 11.8. The Bertz CT molecular complexity index is 555. The van der Waals surface area contributed by atoms with Crippen LogP contribution in [0.15, 0.2) is 18.2 Å². The second kappa shape index (κ2) is 3.91. The monoisotopic (exact) mass is 227 g/mol. The molecule has 3 rings (SSSR count). The van der Waals surface area contributed by atoms with Gasteiger partial charge in [-0.15, -0.1) is 0 Å². The minimum atomic E-state index is 1.03. The van der Waals surface area contributed by atoms with Crippen LogP contribution < -0.4 is 5.32 Å². The number of anilines is 1. The lowest BCUT2D eigenvalue weighted by Gasteiger charge is -2.05. The second-order valence-corrected chi connectivity index (χ2v) is 4.66. The highest BCUT2D eigenvalue weighted by Gasteiger charge is 2.15. The lowest BCUT2D eigenvalue weighted by Crippen LogP contribution is -1.92. The molecule has 2 aromatic rings. The molecular formula is C14H17N3. The molecule has 2 N–H and O–H groups in total. The van der Waals surface area contributed by atoms with Crippen molar-refractivity contribution in [3.63, 3.8) is 0 Å². The van der Waals surface area contributed by atoms with E-state index in [1.54, 1.807) is 0 Å². The van der Waals surface area contributed by atoms with Crippen molar-refractivity contribution >= 4 is 5.69 Å². The fourth-order valence-corrected chi connectivity index (χ4v) is 2.66. The predicted octanol–water partition coefficient (Wildman–Crippen LogP) is 2.92. The Labute approximate surface area is 101 Å². The van der Waals surface area contributed by atoms with Crippen LogP contribution in [0.1, 0.15) is 23.2 Å². The van der Waals surface area contributed by atoms with Crippen LogP contribution in [0, 0.1) is 6.92 Å². The predicted molar refractivity (Wildman–Crippen MR) is 70.3 cm³/mol. The molecular weight excluding hydrogens is 210 g/mol. The number of H-pyrrole nitrogens is 1. The van der Waals surface area contributed by atoms with Gasteiger partial charge in [-0.2, -0.15) is 5.10 Å². The highest BCUT2D eigenvalue weighted by molar-refractivity contribution is 5.76. The Kier molecular flexibility index (Phi) is 2.39. The van der Waals surface area contributed by atoms with Crippen LogP contribution in [0.3, 0.4) is 0 Å². The number of hydrogen-bond donors (Lipinski definition) is 2. The number of rotatable bonds is 2. The van der Waals surface area contributed by atoms with Gasteiger partial charge in [-0.1, -0.05) is 12.1 Å². The number of benzene rings is 1. The van der Waals surface area contributed by atoms with Crippen LogP contribution >= 0.6 is 0 Å². The summed E-state index contributed by atoms with van der Waals surface area (Å²) in [7, 11) is 1.94. The van der Waals surface area contributed by atoms with Gasteiger partial charge in [0, 0.05) is 12.6 Å². The standard InChI is InChI=1S/C14H17N3/c1-9-13(15-2)14(17-16-9)12-7-6-10-4-3-5-11(10)8-12/h6-8,15H,3-5H2,1-2H3,(H,16,17). The van der Waals surface area contributed by atoms with E-state index in [4.69, 9.17) is 0 Å². The van der Waals surface area contributed by atoms with Gasteiger partial charge in [-0.05, 0) is 43.4 Å². The topological polar surface area (TPSA) is 40.7 Å². The van der Waals surface area contributed by atoms with Crippen molar-refractivity contribution < 1.29 is 0 Å². The Morgan fingerprint density at radius 2 is 2.06 bits per heavy atom. The maximum Gasteiger partial charge on any atom is 0.115 e. The smallest absolute Gasteiger partial charge is 0.115 e.